The predicted molar refractivity (Wildman–Crippen MR) is 103 cm³/mol. The average Bonchev–Trinajstić information content (AvgIpc) is 3.46. The number of primary amides is 1. The summed E-state index contributed by atoms with van der Waals surface area (Å²) in [7, 11) is 0. The van der Waals surface area contributed by atoms with E-state index < -0.39 is 0 Å². The first-order chi connectivity index (χ1) is 12.5. The van der Waals surface area contributed by atoms with Crippen LogP contribution in [-0.4, -0.2) is 39.0 Å². The Bertz CT molecular complexity index is 860. The third-order valence-corrected chi connectivity index (χ3v) is 7.86. The van der Waals surface area contributed by atoms with Gasteiger partial charge in [0.05, 0.1) is 17.3 Å². The smallest absolute Gasteiger partial charge is 0.221 e. The Balaban J connectivity index is 1.40. The number of nitrogens with zero attached hydrogens (tertiary/aromatic N) is 3. The topological polar surface area (TPSA) is 63.6 Å². The highest BCUT2D eigenvalue weighted by Crippen LogP contribution is 2.54. The molecule has 5 nitrogen and oxygen atoms in total. The number of imidazole rings is 1. The number of thioether (sulfide) groups is 1. The molecule has 2 saturated carbocycles. The van der Waals surface area contributed by atoms with Crippen molar-refractivity contribution < 1.29 is 4.79 Å². The van der Waals surface area contributed by atoms with Crippen molar-refractivity contribution in [3.8, 4) is 0 Å². The lowest BCUT2D eigenvalue weighted by atomic mass is 10.0. The van der Waals surface area contributed by atoms with Gasteiger partial charge in [-0.3, -0.25) is 9.69 Å². The molecule has 3 fully saturated rings. The fraction of sp³-hybridized carbons (Fsp3) is 0.600. The van der Waals surface area contributed by atoms with E-state index in [1.54, 1.807) is 0 Å². The van der Waals surface area contributed by atoms with E-state index in [-0.39, 0.29) is 17.4 Å². The number of rotatable bonds is 6. The second-order valence-corrected chi connectivity index (χ2v) is 9.75. The molecule has 2 aromatic heterocycles. The van der Waals surface area contributed by atoms with E-state index in [0.29, 0.717) is 11.8 Å². The van der Waals surface area contributed by atoms with Gasteiger partial charge in [0.1, 0.15) is 5.82 Å². The Hall–Kier alpha value is -1.53. The largest absolute Gasteiger partial charge is 0.369 e. The molecule has 1 saturated heterocycles. The third-order valence-electron chi connectivity index (χ3n) is 6.56. The maximum Gasteiger partial charge on any atom is 0.221 e. The number of nitrogens with two attached hydrogens (primary N) is 1. The maximum atomic E-state index is 11.5. The van der Waals surface area contributed by atoms with Crippen LogP contribution in [0, 0.1) is 23.7 Å². The van der Waals surface area contributed by atoms with E-state index >= 15 is 0 Å². The standard InChI is InChI=1S/C20H26N4OS/c1-20(2,23-9-13-14(10-23)17(13)18(21)25)19-22-8-15-16(4-3-7-24(15)19)26-11-12-5-6-12/h3-4,7-8,12-14,17H,5-6,9-11H2,1-2H3,(H2,21,25). The lowest BCUT2D eigenvalue weighted by Gasteiger charge is -2.36. The lowest BCUT2D eigenvalue weighted by Crippen LogP contribution is -2.43. The summed E-state index contributed by atoms with van der Waals surface area (Å²) in [5, 5.41) is 0. The second-order valence-electron chi connectivity index (χ2n) is 8.68. The lowest BCUT2D eigenvalue weighted by molar-refractivity contribution is -0.120. The highest BCUT2D eigenvalue weighted by molar-refractivity contribution is 7.99. The number of piperidine rings is 1. The molecule has 2 aromatic rings. The van der Waals surface area contributed by atoms with Gasteiger partial charge in [-0.25, -0.2) is 4.98 Å². The van der Waals surface area contributed by atoms with Crippen LogP contribution in [-0.2, 0) is 10.3 Å². The van der Waals surface area contributed by atoms with Gasteiger partial charge < -0.3 is 10.1 Å². The summed E-state index contributed by atoms with van der Waals surface area (Å²) < 4.78 is 2.25. The van der Waals surface area contributed by atoms with Gasteiger partial charge in [0, 0.05) is 35.9 Å². The number of likely N-dealkylation sites (tertiary alicyclic amines) is 1. The minimum absolute atomic E-state index is 0.101. The molecule has 2 unspecified atom stereocenters. The van der Waals surface area contributed by atoms with E-state index in [1.165, 1.54) is 29.0 Å². The van der Waals surface area contributed by atoms with Gasteiger partial charge in [-0.1, -0.05) is 0 Å². The Kier molecular flexibility index (Phi) is 3.67. The van der Waals surface area contributed by atoms with Gasteiger partial charge in [0.15, 0.2) is 0 Å². The molecule has 2 N–H and O–H groups in total. The minimum atomic E-state index is -0.165. The van der Waals surface area contributed by atoms with Crippen molar-refractivity contribution in [2.45, 2.75) is 37.1 Å². The van der Waals surface area contributed by atoms with Gasteiger partial charge in [0.2, 0.25) is 5.91 Å². The third kappa shape index (κ3) is 2.57. The number of carbonyl (C=O) groups is 1. The monoisotopic (exact) mass is 370 g/mol. The Labute approximate surface area is 158 Å². The number of carbonyl (C=O) groups excluding carboxylic acids is 1. The van der Waals surface area contributed by atoms with Crippen molar-refractivity contribution >= 4 is 23.2 Å². The number of hydrogen-bond acceptors (Lipinski definition) is 4. The zero-order valence-corrected chi connectivity index (χ0v) is 16.2. The zero-order chi connectivity index (χ0) is 18.1. The summed E-state index contributed by atoms with van der Waals surface area (Å²) >= 11 is 1.96. The number of pyridine rings is 1. The van der Waals surface area contributed by atoms with E-state index in [9.17, 15) is 4.79 Å². The van der Waals surface area contributed by atoms with E-state index in [1.807, 2.05) is 18.0 Å². The molecular weight excluding hydrogens is 344 g/mol. The average molecular weight is 371 g/mol. The normalized spacial score (nSPS) is 28.5. The van der Waals surface area contributed by atoms with Gasteiger partial charge in [0.25, 0.3) is 0 Å². The highest BCUT2D eigenvalue weighted by Gasteiger charge is 2.60. The Morgan fingerprint density at radius 3 is 2.73 bits per heavy atom. The molecule has 2 aliphatic carbocycles. The van der Waals surface area contributed by atoms with Gasteiger partial charge in [-0.2, -0.15) is 0 Å². The van der Waals surface area contributed by atoms with Crippen molar-refractivity contribution in [2.75, 3.05) is 18.8 Å². The Morgan fingerprint density at radius 2 is 2.08 bits per heavy atom. The van der Waals surface area contributed by atoms with E-state index in [4.69, 9.17) is 10.7 Å². The highest BCUT2D eigenvalue weighted by atomic mass is 32.2. The SMILES string of the molecule is CC(C)(c1ncc2c(SCC3CC3)cccn12)N1CC2C(C1)C2C(N)=O. The van der Waals surface area contributed by atoms with Crippen LogP contribution in [0.25, 0.3) is 5.52 Å². The summed E-state index contributed by atoms with van der Waals surface area (Å²) in [5.41, 5.74) is 6.55. The molecule has 0 radical (unpaired) electrons. The molecule has 2 atom stereocenters. The van der Waals surface area contributed by atoms with Crippen LogP contribution in [0.3, 0.4) is 0 Å². The summed E-state index contributed by atoms with van der Waals surface area (Å²) in [6, 6.07) is 4.34. The van der Waals surface area contributed by atoms with Crippen molar-refractivity contribution in [1.29, 1.82) is 0 Å². The number of aromatic nitrogens is 2. The molecule has 1 amide bonds. The van der Waals surface area contributed by atoms with Crippen LogP contribution in [0.1, 0.15) is 32.5 Å². The first kappa shape index (κ1) is 16.6. The first-order valence-electron chi connectivity index (χ1n) is 9.60. The van der Waals surface area contributed by atoms with Gasteiger partial charge in [-0.05, 0) is 56.6 Å². The van der Waals surface area contributed by atoms with Crippen molar-refractivity contribution in [3.63, 3.8) is 0 Å². The molecule has 0 bridgehead atoms. The fourth-order valence-corrected chi connectivity index (χ4v) is 5.83. The fourth-order valence-electron chi connectivity index (χ4n) is 4.61. The number of hydrogen-bond donors (Lipinski definition) is 1. The van der Waals surface area contributed by atoms with Crippen LogP contribution < -0.4 is 5.73 Å². The molecule has 3 aliphatic rings. The molecule has 26 heavy (non-hydrogen) atoms. The molecular formula is C20H26N4OS. The van der Waals surface area contributed by atoms with Crippen molar-refractivity contribution in [1.82, 2.24) is 14.3 Å². The van der Waals surface area contributed by atoms with Crippen LogP contribution in [0.4, 0.5) is 0 Å². The number of fused-ring (bicyclic) bond motifs is 2. The second kappa shape index (κ2) is 5.73. The van der Waals surface area contributed by atoms with E-state index in [2.05, 4.69) is 41.5 Å². The summed E-state index contributed by atoms with van der Waals surface area (Å²) in [5.74, 6) is 4.08. The molecule has 1 aliphatic heterocycles. The minimum Gasteiger partial charge on any atom is -0.369 e. The van der Waals surface area contributed by atoms with Crippen LogP contribution >= 0.6 is 11.8 Å². The molecule has 3 heterocycles. The molecule has 0 spiro atoms. The van der Waals surface area contributed by atoms with Crippen LogP contribution in [0.2, 0.25) is 0 Å². The summed E-state index contributed by atoms with van der Waals surface area (Å²) in [6.07, 6.45) is 6.92. The maximum absolute atomic E-state index is 11.5. The van der Waals surface area contributed by atoms with Gasteiger partial charge in [-0.15, -0.1) is 11.8 Å². The molecule has 5 rings (SSSR count). The van der Waals surface area contributed by atoms with Crippen molar-refractivity contribution in [2.24, 2.45) is 29.4 Å². The molecule has 6 heteroatoms. The van der Waals surface area contributed by atoms with Crippen molar-refractivity contribution in [3.05, 3.63) is 30.4 Å². The molecule has 138 valence electrons. The Morgan fingerprint density at radius 1 is 1.35 bits per heavy atom. The van der Waals surface area contributed by atoms with E-state index in [0.717, 1.165) is 24.8 Å². The first-order valence-corrected chi connectivity index (χ1v) is 10.6. The molecule has 0 aromatic carbocycles. The summed E-state index contributed by atoms with van der Waals surface area (Å²) in [4.78, 5) is 20.1. The predicted octanol–water partition coefficient (Wildman–Crippen LogP) is 2.73. The number of amides is 1. The zero-order valence-electron chi connectivity index (χ0n) is 15.4. The summed E-state index contributed by atoms with van der Waals surface area (Å²) in [6.45, 7) is 6.37. The quantitative estimate of drug-likeness (QED) is 0.794. The van der Waals surface area contributed by atoms with Gasteiger partial charge >= 0.3 is 0 Å². The van der Waals surface area contributed by atoms with Crippen LogP contribution in [0.15, 0.2) is 29.4 Å². The van der Waals surface area contributed by atoms with Crippen LogP contribution in [0.5, 0.6) is 0 Å².